The second-order valence-electron chi connectivity index (χ2n) is 4.61. The summed E-state index contributed by atoms with van der Waals surface area (Å²) in [6, 6.07) is 2.19. The predicted octanol–water partition coefficient (Wildman–Crippen LogP) is 2.20. The van der Waals surface area contributed by atoms with Crippen LogP contribution in [0.1, 0.15) is 30.5 Å². The minimum atomic E-state index is -4.74. The van der Waals surface area contributed by atoms with Crippen molar-refractivity contribution in [1.82, 2.24) is 5.32 Å². The van der Waals surface area contributed by atoms with Crippen LogP contribution in [0.3, 0.4) is 0 Å². The van der Waals surface area contributed by atoms with E-state index in [1.807, 2.05) is 0 Å². The summed E-state index contributed by atoms with van der Waals surface area (Å²) in [4.78, 5) is 0. The molecule has 4 N–H and O–H groups in total. The van der Waals surface area contributed by atoms with Gasteiger partial charge in [0.05, 0.1) is 5.56 Å². The first-order chi connectivity index (χ1) is 9.29. The SMILES string of the molecule is CC(CCO)NC(CN)c1ccc(F)c(C(F)(F)F)c1. The summed E-state index contributed by atoms with van der Waals surface area (Å²) >= 11 is 0. The molecule has 0 fully saturated rings. The summed E-state index contributed by atoms with van der Waals surface area (Å²) in [6.45, 7) is 1.81. The number of nitrogens with one attached hydrogen (secondary N) is 1. The molecule has 0 radical (unpaired) electrons. The molecule has 0 aliphatic carbocycles. The Balaban J connectivity index is 2.99. The molecule has 0 heterocycles. The first kappa shape index (κ1) is 16.9. The Kier molecular flexibility index (Phi) is 5.91. The molecule has 0 saturated carbocycles. The molecule has 2 unspecified atom stereocenters. The molecule has 7 heteroatoms. The van der Waals surface area contributed by atoms with E-state index in [0.29, 0.717) is 6.42 Å². The molecule has 3 nitrogen and oxygen atoms in total. The zero-order valence-corrected chi connectivity index (χ0v) is 11.0. The lowest BCUT2D eigenvalue weighted by atomic mass is 10.0. The van der Waals surface area contributed by atoms with Crippen LogP contribution in [0.4, 0.5) is 17.6 Å². The second kappa shape index (κ2) is 7.01. The van der Waals surface area contributed by atoms with Crippen molar-refractivity contribution in [2.24, 2.45) is 5.73 Å². The zero-order valence-electron chi connectivity index (χ0n) is 11.0. The fourth-order valence-electron chi connectivity index (χ4n) is 1.90. The van der Waals surface area contributed by atoms with Crippen molar-refractivity contribution < 1.29 is 22.7 Å². The number of hydrogen-bond acceptors (Lipinski definition) is 3. The van der Waals surface area contributed by atoms with Crippen LogP contribution in [-0.2, 0) is 6.18 Å². The molecule has 0 aromatic heterocycles. The van der Waals surface area contributed by atoms with Crippen LogP contribution in [-0.4, -0.2) is 24.3 Å². The maximum atomic E-state index is 13.2. The molecule has 20 heavy (non-hydrogen) atoms. The standard InChI is InChI=1S/C13H18F4N2O/c1-8(4-5-20)19-12(7-18)9-2-3-11(14)10(6-9)13(15,16)17/h2-3,6,8,12,19-20H,4-5,7,18H2,1H3. The van der Waals surface area contributed by atoms with Gasteiger partial charge in [-0.2, -0.15) is 13.2 Å². The maximum absolute atomic E-state index is 13.2. The number of benzene rings is 1. The highest BCUT2D eigenvalue weighted by Crippen LogP contribution is 2.33. The van der Waals surface area contributed by atoms with E-state index in [1.54, 1.807) is 6.92 Å². The van der Waals surface area contributed by atoms with E-state index in [2.05, 4.69) is 5.32 Å². The van der Waals surface area contributed by atoms with Gasteiger partial charge < -0.3 is 16.2 Å². The molecule has 0 aliphatic heterocycles. The van der Waals surface area contributed by atoms with Crippen molar-refractivity contribution in [3.63, 3.8) is 0 Å². The van der Waals surface area contributed by atoms with E-state index in [9.17, 15) is 17.6 Å². The van der Waals surface area contributed by atoms with Crippen molar-refractivity contribution in [3.8, 4) is 0 Å². The summed E-state index contributed by atoms with van der Waals surface area (Å²) in [5.41, 5.74) is 4.52. The summed E-state index contributed by atoms with van der Waals surface area (Å²) in [6.07, 6.45) is -4.29. The lowest BCUT2D eigenvalue weighted by Crippen LogP contribution is -2.35. The molecule has 0 spiro atoms. The van der Waals surface area contributed by atoms with Crippen molar-refractivity contribution in [3.05, 3.63) is 35.1 Å². The van der Waals surface area contributed by atoms with Crippen molar-refractivity contribution in [1.29, 1.82) is 0 Å². The van der Waals surface area contributed by atoms with E-state index >= 15 is 0 Å². The molecule has 0 bridgehead atoms. The molecular weight excluding hydrogens is 276 g/mol. The second-order valence-corrected chi connectivity index (χ2v) is 4.61. The van der Waals surface area contributed by atoms with Gasteiger partial charge in [0.25, 0.3) is 0 Å². The number of aliphatic hydroxyl groups excluding tert-OH is 1. The smallest absolute Gasteiger partial charge is 0.396 e. The first-order valence-corrected chi connectivity index (χ1v) is 6.23. The quantitative estimate of drug-likeness (QED) is 0.705. The predicted molar refractivity (Wildman–Crippen MR) is 67.5 cm³/mol. The van der Waals surface area contributed by atoms with Crippen molar-refractivity contribution in [2.75, 3.05) is 13.2 Å². The van der Waals surface area contributed by atoms with Crippen LogP contribution < -0.4 is 11.1 Å². The van der Waals surface area contributed by atoms with Crippen LogP contribution in [0, 0.1) is 5.82 Å². The summed E-state index contributed by atoms with van der Waals surface area (Å²) in [5.74, 6) is -1.31. The van der Waals surface area contributed by atoms with Gasteiger partial charge in [0.2, 0.25) is 0 Å². The molecular formula is C13H18F4N2O. The first-order valence-electron chi connectivity index (χ1n) is 6.23. The summed E-state index contributed by atoms with van der Waals surface area (Å²) < 4.78 is 51.2. The Hall–Kier alpha value is -1.18. The van der Waals surface area contributed by atoms with E-state index in [-0.39, 0.29) is 24.8 Å². The van der Waals surface area contributed by atoms with Gasteiger partial charge in [-0.1, -0.05) is 6.07 Å². The topological polar surface area (TPSA) is 58.3 Å². The van der Waals surface area contributed by atoms with Gasteiger partial charge in [0, 0.05) is 25.2 Å². The zero-order chi connectivity index (χ0) is 15.3. The van der Waals surface area contributed by atoms with Crippen LogP contribution in [0.25, 0.3) is 0 Å². The van der Waals surface area contributed by atoms with Crippen molar-refractivity contribution >= 4 is 0 Å². The number of hydrogen-bond donors (Lipinski definition) is 3. The Morgan fingerprint density at radius 1 is 1.35 bits per heavy atom. The number of aliphatic hydroxyl groups is 1. The molecule has 0 saturated heterocycles. The van der Waals surface area contributed by atoms with Gasteiger partial charge in [-0.25, -0.2) is 4.39 Å². The third-order valence-corrected chi connectivity index (χ3v) is 2.98. The highest BCUT2D eigenvalue weighted by atomic mass is 19.4. The van der Waals surface area contributed by atoms with Gasteiger partial charge in [0.1, 0.15) is 5.82 Å². The highest BCUT2D eigenvalue weighted by Gasteiger charge is 2.34. The molecule has 1 rings (SSSR count). The Morgan fingerprint density at radius 2 is 2.00 bits per heavy atom. The minimum absolute atomic E-state index is 0.0390. The van der Waals surface area contributed by atoms with Gasteiger partial charge in [0.15, 0.2) is 0 Å². The van der Waals surface area contributed by atoms with Gasteiger partial charge in [-0.05, 0) is 31.0 Å². The highest BCUT2D eigenvalue weighted by molar-refractivity contribution is 5.29. The molecule has 1 aromatic carbocycles. The Morgan fingerprint density at radius 3 is 2.50 bits per heavy atom. The van der Waals surface area contributed by atoms with E-state index in [4.69, 9.17) is 10.8 Å². The van der Waals surface area contributed by atoms with Gasteiger partial charge in [-0.15, -0.1) is 0 Å². The normalized spacial score (nSPS) is 15.2. The van der Waals surface area contributed by atoms with Crippen LogP contribution in [0.15, 0.2) is 18.2 Å². The molecule has 114 valence electrons. The Labute approximate surface area is 114 Å². The molecule has 0 aliphatic rings. The average molecular weight is 294 g/mol. The summed E-state index contributed by atoms with van der Waals surface area (Å²) in [7, 11) is 0. The minimum Gasteiger partial charge on any atom is -0.396 e. The molecule has 0 amide bonds. The molecule has 1 aromatic rings. The monoisotopic (exact) mass is 294 g/mol. The van der Waals surface area contributed by atoms with E-state index in [1.165, 1.54) is 6.07 Å². The number of halogens is 4. The maximum Gasteiger partial charge on any atom is 0.419 e. The lowest BCUT2D eigenvalue weighted by Gasteiger charge is -2.23. The van der Waals surface area contributed by atoms with Crippen molar-refractivity contribution in [2.45, 2.75) is 31.6 Å². The fourth-order valence-corrected chi connectivity index (χ4v) is 1.90. The Bertz CT molecular complexity index is 437. The van der Waals surface area contributed by atoms with Crippen LogP contribution in [0.5, 0.6) is 0 Å². The third-order valence-electron chi connectivity index (χ3n) is 2.98. The van der Waals surface area contributed by atoms with Crippen LogP contribution in [0.2, 0.25) is 0 Å². The average Bonchev–Trinajstić information content (AvgIpc) is 2.35. The largest absolute Gasteiger partial charge is 0.419 e. The molecule has 2 atom stereocenters. The van der Waals surface area contributed by atoms with E-state index < -0.39 is 23.6 Å². The number of rotatable bonds is 6. The van der Waals surface area contributed by atoms with E-state index in [0.717, 1.165) is 12.1 Å². The van der Waals surface area contributed by atoms with Crippen LogP contribution >= 0.6 is 0 Å². The third kappa shape index (κ3) is 4.43. The number of nitrogens with two attached hydrogens (primary N) is 1. The summed E-state index contributed by atoms with van der Waals surface area (Å²) in [5, 5.41) is 11.8. The fraction of sp³-hybridized carbons (Fsp3) is 0.538. The number of alkyl halides is 3. The van der Waals surface area contributed by atoms with Gasteiger partial charge in [-0.3, -0.25) is 0 Å². The van der Waals surface area contributed by atoms with Gasteiger partial charge >= 0.3 is 6.18 Å². The lowest BCUT2D eigenvalue weighted by molar-refractivity contribution is -0.140.